The van der Waals surface area contributed by atoms with Crippen LogP contribution < -0.4 is 0 Å². The third-order valence-corrected chi connectivity index (χ3v) is 7.71. The number of cyclic esters (lactones) is 1. The number of carbonyl (C=O) groups is 2. The Kier molecular flexibility index (Phi) is 5.18. The predicted octanol–water partition coefficient (Wildman–Crippen LogP) is 0.624. The molecule has 0 bridgehead atoms. The van der Waals surface area contributed by atoms with Crippen LogP contribution in [0.5, 0.6) is 0 Å². The fourth-order valence-electron chi connectivity index (χ4n) is 5.62. The first-order valence-electron chi connectivity index (χ1n) is 11.8. The smallest absolute Gasteiger partial charge is 0.333 e. The number of hydrogen-bond acceptors (Lipinski definition) is 9. The van der Waals surface area contributed by atoms with Crippen molar-refractivity contribution in [2.75, 3.05) is 26.2 Å². The lowest BCUT2D eigenvalue weighted by Crippen LogP contribution is -2.45. The predicted molar refractivity (Wildman–Crippen MR) is 117 cm³/mol. The molecule has 2 atom stereocenters. The molecule has 1 saturated carbocycles. The largest absolute Gasteiger partial charge is 0.456 e. The Morgan fingerprint density at radius 2 is 2.03 bits per heavy atom. The summed E-state index contributed by atoms with van der Waals surface area (Å²) in [4.78, 5) is 33.7. The summed E-state index contributed by atoms with van der Waals surface area (Å²) in [6.07, 6.45) is 8.58. The summed E-state index contributed by atoms with van der Waals surface area (Å²) in [7, 11) is 0. The molecule has 5 heterocycles. The molecule has 1 N–H and O–H groups in total. The number of esters is 1. The maximum Gasteiger partial charge on any atom is 0.333 e. The number of likely N-dealkylation sites (tertiary alicyclic amines) is 2. The first kappa shape index (κ1) is 21.4. The summed E-state index contributed by atoms with van der Waals surface area (Å²) in [5.41, 5.74) is 1.07. The van der Waals surface area contributed by atoms with Gasteiger partial charge in [0.05, 0.1) is 17.2 Å². The van der Waals surface area contributed by atoms with Crippen LogP contribution in [-0.4, -0.2) is 84.3 Å². The van der Waals surface area contributed by atoms with Gasteiger partial charge in [-0.15, -0.1) is 5.10 Å². The topological polar surface area (TPSA) is 127 Å². The van der Waals surface area contributed by atoms with Gasteiger partial charge in [-0.3, -0.25) is 4.79 Å². The molecule has 1 amide bonds. The van der Waals surface area contributed by atoms with Crippen LogP contribution in [-0.2, 0) is 14.3 Å². The molecule has 3 fully saturated rings. The van der Waals surface area contributed by atoms with E-state index in [9.17, 15) is 14.7 Å². The minimum absolute atomic E-state index is 0.150. The normalized spacial score (nSPS) is 25.6. The van der Waals surface area contributed by atoms with Crippen LogP contribution in [0.3, 0.4) is 0 Å². The van der Waals surface area contributed by atoms with E-state index < -0.39 is 6.10 Å². The summed E-state index contributed by atoms with van der Waals surface area (Å²) in [6, 6.07) is 3.78. The maximum atomic E-state index is 13.6. The van der Waals surface area contributed by atoms with E-state index in [1.165, 1.54) is 17.1 Å². The van der Waals surface area contributed by atoms with Gasteiger partial charge in [0, 0.05) is 30.4 Å². The highest BCUT2D eigenvalue weighted by atomic mass is 16.5. The van der Waals surface area contributed by atoms with Gasteiger partial charge in [0.1, 0.15) is 12.9 Å². The molecular weight excluding hydrogens is 438 g/mol. The lowest BCUT2D eigenvalue weighted by Gasteiger charge is -2.38. The standard InChI is InChI=1S/C23H27N7O4/c31-19(16-3-4-20(24-11-16)29-14-25-26-27-29)12-28-7-5-23(6-8-28)10-18(15-1-2-15)30(22(23)33)17-9-21(32)34-13-17/h3-4,9,11,14-15,18-19,31H,1-2,5-8,10,12-13H2/t18?,19-/m1/s1. The number of piperidine rings is 1. The van der Waals surface area contributed by atoms with E-state index in [-0.39, 0.29) is 29.9 Å². The van der Waals surface area contributed by atoms with E-state index >= 15 is 0 Å². The average molecular weight is 466 g/mol. The number of pyridine rings is 1. The van der Waals surface area contributed by atoms with Gasteiger partial charge in [0.15, 0.2) is 5.82 Å². The molecule has 2 aromatic rings. The van der Waals surface area contributed by atoms with Crippen molar-refractivity contribution in [2.45, 2.75) is 44.2 Å². The van der Waals surface area contributed by atoms with Crippen molar-refractivity contribution in [3.05, 3.63) is 42.0 Å². The summed E-state index contributed by atoms with van der Waals surface area (Å²) in [5.74, 6) is 0.905. The van der Waals surface area contributed by atoms with Crippen molar-refractivity contribution in [1.29, 1.82) is 0 Å². The Morgan fingerprint density at radius 1 is 1.21 bits per heavy atom. The number of aromatic nitrogens is 5. The SMILES string of the molecule is O=C1C=C(N2C(=O)C3(CCN(C[C@@H](O)c4ccc(-n5cnnn5)nc4)CC3)CC2C2CC2)CO1. The van der Waals surface area contributed by atoms with Crippen LogP contribution in [0, 0.1) is 11.3 Å². The van der Waals surface area contributed by atoms with E-state index in [4.69, 9.17) is 4.74 Å². The Hall–Kier alpha value is -3.18. The molecule has 2 saturated heterocycles. The van der Waals surface area contributed by atoms with Gasteiger partial charge >= 0.3 is 5.97 Å². The second-order valence-corrected chi connectivity index (χ2v) is 9.83. The van der Waals surface area contributed by atoms with E-state index in [1.807, 2.05) is 11.0 Å². The zero-order chi connectivity index (χ0) is 23.3. The highest BCUT2D eigenvalue weighted by Crippen LogP contribution is 2.52. The molecule has 1 aliphatic carbocycles. The highest BCUT2D eigenvalue weighted by Gasteiger charge is 2.57. The molecule has 6 rings (SSSR count). The second kappa shape index (κ2) is 8.24. The fourth-order valence-corrected chi connectivity index (χ4v) is 5.62. The van der Waals surface area contributed by atoms with Crippen molar-refractivity contribution in [3.8, 4) is 5.82 Å². The summed E-state index contributed by atoms with van der Waals surface area (Å²) in [5, 5.41) is 21.8. The average Bonchev–Trinajstić information content (AvgIpc) is 3.24. The van der Waals surface area contributed by atoms with Gasteiger partial charge in [-0.25, -0.2) is 9.78 Å². The molecule has 3 aliphatic heterocycles. The van der Waals surface area contributed by atoms with E-state index in [0.29, 0.717) is 18.3 Å². The number of β-amino-alcohol motifs (C(OH)–C–C–N with tert-alkyl or cyclic N) is 1. The van der Waals surface area contributed by atoms with Crippen LogP contribution in [0.1, 0.15) is 43.8 Å². The van der Waals surface area contributed by atoms with E-state index in [0.717, 1.165) is 56.5 Å². The van der Waals surface area contributed by atoms with Crippen LogP contribution in [0.4, 0.5) is 0 Å². The molecule has 0 aromatic carbocycles. The fraction of sp³-hybridized carbons (Fsp3) is 0.565. The Morgan fingerprint density at radius 3 is 2.65 bits per heavy atom. The number of hydrogen-bond donors (Lipinski definition) is 1. The summed E-state index contributed by atoms with van der Waals surface area (Å²) >= 11 is 0. The number of amides is 1. The van der Waals surface area contributed by atoms with Crippen LogP contribution in [0.25, 0.3) is 5.82 Å². The van der Waals surface area contributed by atoms with Crippen molar-refractivity contribution >= 4 is 11.9 Å². The van der Waals surface area contributed by atoms with Crippen molar-refractivity contribution in [3.63, 3.8) is 0 Å². The molecule has 1 unspecified atom stereocenters. The number of carbonyl (C=O) groups excluding carboxylic acids is 2. The molecule has 11 heteroatoms. The number of ether oxygens (including phenoxy) is 1. The molecule has 34 heavy (non-hydrogen) atoms. The van der Waals surface area contributed by atoms with E-state index in [2.05, 4.69) is 25.4 Å². The van der Waals surface area contributed by atoms with Crippen LogP contribution in [0.2, 0.25) is 0 Å². The number of rotatable bonds is 6. The Labute approximate surface area is 196 Å². The first-order chi connectivity index (χ1) is 16.5. The van der Waals surface area contributed by atoms with Gasteiger partial charge in [0.2, 0.25) is 5.91 Å². The van der Waals surface area contributed by atoms with E-state index in [1.54, 1.807) is 12.3 Å². The minimum atomic E-state index is -0.675. The monoisotopic (exact) mass is 465 g/mol. The first-order valence-corrected chi connectivity index (χ1v) is 11.8. The number of tetrazole rings is 1. The summed E-state index contributed by atoms with van der Waals surface area (Å²) < 4.78 is 6.56. The molecule has 1 spiro atoms. The molecular formula is C23H27N7O4. The van der Waals surface area contributed by atoms with Gasteiger partial charge in [-0.05, 0) is 67.6 Å². The van der Waals surface area contributed by atoms with Gasteiger partial charge in [-0.1, -0.05) is 6.07 Å². The third-order valence-electron chi connectivity index (χ3n) is 7.71. The zero-order valence-corrected chi connectivity index (χ0v) is 18.8. The number of nitrogens with zero attached hydrogens (tertiary/aromatic N) is 7. The Balaban J connectivity index is 1.10. The summed E-state index contributed by atoms with van der Waals surface area (Å²) in [6.45, 7) is 2.18. The lowest BCUT2D eigenvalue weighted by atomic mass is 9.75. The van der Waals surface area contributed by atoms with Gasteiger partial charge in [0.25, 0.3) is 0 Å². The molecule has 178 valence electrons. The van der Waals surface area contributed by atoms with Crippen LogP contribution in [0.15, 0.2) is 36.4 Å². The second-order valence-electron chi connectivity index (χ2n) is 9.83. The third kappa shape index (κ3) is 3.78. The van der Waals surface area contributed by atoms with Crippen molar-refractivity contribution in [2.24, 2.45) is 11.3 Å². The zero-order valence-electron chi connectivity index (χ0n) is 18.8. The molecule has 11 nitrogen and oxygen atoms in total. The molecule has 0 radical (unpaired) electrons. The Bertz CT molecular complexity index is 1100. The van der Waals surface area contributed by atoms with Gasteiger partial charge in [-0.2, -0.15) is 4.68 Å². The van der Waals surface area contributed by atoms with Crippen molar-refractivity contribution < 1.29 is 19.4 Å². The van der Waals surface area contributed by atoms with Gasteiger partial charge < -0.3 is 19.6 Å². The van der Waals surface area contributed by atoms with Crippen LogP contribution >= 0.6 is 0 Å². The number of aliphatic hydroxyl groups is 1. The number of aliphatic hydroxyl groups excluding tert-OH is 1. The molecule has 2 aromatic heterocycles. The molecule has 4 aliphatic rings. The maximum absolute atomic E-state index is 13.6. The lowest BCUT2D eigenvalue weighted by molar-refractivity contribution is -0.139. The quantitative estimate of drug-likeness (QED) is 0.611. The highest BCUT2D eigenvalue weighted by molar-refractivity contribution is 5.91. The minimum Gasteiger partial charge on any atom is -0.456 e. The van der Waals surface area contributed by atoms with Crippen molar-refractivity contribution in [1.82, 2.24) is 35.0 Å².